The van der Waals surface area contributed by atoms with Crippen LogP contribution in [-0.4, -0.2) is 61.4 Å². The highest BCUT2D eigenvalue weighted by molar-refractivity contribution is 6.05. The number of aryl methyl sites for hydroxylation is 2. The van der Waals surface area contributed by atoms with Gasteiger partial charge in [0.15, 0.2) is 0 Å². The second kappa shape index (κ2) is 7.89. The molecule has 5 bridgehead atoms. The molecule has 2 fully saturated rings. The van der Waals surface area contributed by atoms with Crippen LogP contribution in [0.15, 0.2) is 42.6 Å². The molecule has 184 valence electrons. The van der Waals surface area contributed by atoms with E-state index in [2.05, 4.69) is 32.0 Å². The van der Waals surface area contributed by atoms with Crippen LogP contribution in [-0.2, 0) is 12.6 Å². The maximum Gasteiger partial charge on any atom is 0.258 e. The quantitative estimate of drug-likeness (QED) is 0.411. The van der Waals surface area contributed by atoms with E-state index >= 15 is 0 Å². The van der Waals surface area contributed by atoms with E-state index in [1.165, 1.54) is 6.42 Å². The van der Waals surface area contributed by atoms with Gasteiger partial charge in [0, 0.05) is 37.9 Å². The summed E-state index contributed by atoms with van der Waals surface area (Å²) >= 11 is 0. The van der Waals surface area contributed by atoms with Crippen LogP contribution < -0.4 is 10.1 Å². The van der Waals surface area contributed by atoms with Crippen LogP contribution in [0.3, 0.4) is 0 Å². The van der Waals surface area contributed by atoms with E-state index in [1.54, 1.807) is 10.9 Å². The normalized spacial score (nSPS) is 25.3. The highest BCUT2D eigenvalue weighted by atomic mass is 16.5. The summed E-state index contributed by atoms with van der Waals surface area (Å²) in [5.74, 6) is 1.71. The molecule has 1 aromatic carbocycles. The van der Waals surface area contributed by atoms with Crippen molar-refractivity contribution in [2.24, 2.45) is 13.0 Å². The fourth-order valence-electron chi connectivity index (χ4n) is 6.55. The number of imidazole rings is 1. The number of para-hydroxylation sites is 2. The fourth-order valence-corrected chi connectivity index (χ4v) is 6.55. The van der Waals surface area contributed by atoms with Crippen molar-refractivity contribution >= 4 is 22.9 Å². The van der Waals surface area contributed by atoms with Crippen LogP contribution in [0.25, 0.3) is 22.3 Å². The Balaban J connectivity index is 1.41. The van der Waals surface area contributed by atoms with Crippen molar-refractivity contribution in [3.63, 3.8) is 0 Å². The van der Waals surface area contributed by atoms with Gasteiger partial charge in [0.25, 0.3) is 5.91 Å². The predicted octanol–water partition coefficient (Wildman–Crippen LogP) is 3.60. The number of amides is 1. The molecular formula is C27H29N7O2. The number of aromatic nitrogens is 5. The van der Waals surface area contributed by atoms with Gasteiger partial charge in [-0.15, -0.1) is 0 Å². The molecule has 1 saturated heterocycles. The average Bonchev–Trinajstić information content (AvgIpc) is 3.51. The Morgan fingerprint density at radius 1 is 1.19 bits per heavy atom. The van der Waals surface area contributed by atoms with Gasteiger partial charge in [-0.05, 0) is 56.4 Å². The number of hydrogen-bond acceptors (Lipinski definition) is 6. The van der Waals surface area contributed by atoms with Gasteiger partial charge in [0.1, 0.15) is 6.61 Å². The minimum atomic E-state index is -0.196. The predicted molar refractivity (Wildman–Crippen MR) is 136 cm³/mol. The standard InChI is InChI=1S/C27H29N7O2/c1-17-11-19-12-22(29-17)20-14-28-32(2)25(20)36-10-9-33-15-18-7-8-27(13-18,16-33)34-23-6-4-3-5-21(23)30-26(34)31-24(19)35/h3-6,11-12,14,18H,7-10,13,15-16H2,1-2H3,(H,30,31,35). The van der Waals surface area contributed by atoms with E-state index < -0.39 is 0 Å². The maximum atomic E-state index is 13.6. The smallest absolute Gasteiger partial charge is 0.258 e. The number of carbonyl (C=O) groups excluding carboxylic acids is 1. The molecule has 4 aromatic rings. The molecule has 5 heterocycles. The topological polar surface area (TPSA) is 90.1 Å². The minimum absolute atomic E-state index is 0.112. The van der Waals surface area contributed by atoms with Gasteiger partial charge >= 0.3 is 0 Å². The third-order valence-electron chi connectivity index (χ3n) is 8.00. The lowest BCUT2D eigenvalue weighted by molar-refractivity contribution is 0.0902. The molecule has 1 saturated carbocycles. The van der Waals surface area contributed by atoms with E-state index in [1.807, 2.05) is 38.2 Å². The zero-order chi connectivity index (χ0) is 24.4. The third-order valence-corrected chi connectivity index (χ3v) is 8.00. The molecular weight excluding hydrogens is 454 g/mol. The van der Waals surface area contributed by atoms with Crippen LogP contribution in [0.4, 0.5) is 5.95 Å². The fraction of sp³-hybridized carbons (Fsp3) is 0.407. The molecule has 0 radical (unpaired) electrons. The van der Waals surface area contributed by atoms with Crippen molar-refractivity contribution < 1.29 is 9.53 Å². The summed E-state index contributed by atoms with van der Waals surface area (Å²) < 4.78 is 10.4. The van der Waals surface area contributed by atoms with Crippen LogP contribution >= 0.6 is 0 Å². The van der Waals surface area contributed by atoms with Gasteiger partial charge in [0.05, 0.1) is 34.0 Å². The summed E-state index contributed by atoms with van der Waals surface area (Å²) in [5.41, 5.74) is 4.60. The first-order valence-electron chi connectivity index (χ1n) is 12.6. The molecule has 7 rings (SSSR count). The number of anilines is 1. The molecule has 3 unspecified atom stereocenters. The number of hydrogen-bond donors (Lipinski definition) is 1. The maximum absolute atomic E-state index is 13.6. The van der Waals surface area contributed by atoms with E-state index in [4.69, 9.17) is 14.7 Å². The van der Waals surface area contributed by atoms with Crippen molar-refractivity contribution in [1.29, 1.82) is 0 Å². The molecule has 3 aromatic heterocycles. The van der Waals surface area contributed by atoms with Crippen molar-refractivity contribution in [1.82, 2.24) is 29.2 Å². The summed E-state index contributed by atoms with van der Waals surface area (Å²) in [6.07, 6.45) is 5.10. The number of fused-ring (bicyclic) bond motifs is 9. The summed E-state index contributed by atoms with van der Waals surface area (Å²) in [6.45, 7) is 5.25. The second-order valence-corrected chi connectivity index (χ2v) is 10.5. The summed E-state index contributed by atoms with van der Waals surface area (Å²) in [7, 11) is 1.87. The third kappa shape index (κ3) is 3.33. The number of nitrogens with one attached hydrogen (secondary N) is 1. The first-order chi connectivity index (χ1) is 17.5. The number of ether oxygens (including phenoxy) is 1. The van der Waals surface area contributed by atoms with Crippen LogP contribution in [0.1, 0.15) is 35.3 Å². The molecule has 9 nitrogen and oxygen atoms in total. The number of benzene rings is 1. The number of nitrogens with zero attached hydrogens (tertiary/aromatic N) is 6. The zero-order valence-corrected chi connectivity index (χ0v) is 20.6. The van der Waals surface area contributed by atoms with Crippen molar-refractivity contribution in [2.45, 2.75) is 31.7 Å². The van der Waals surface area contributed by atoms with E-state index in [0.29, 0.717) is 35.6 Å². The molecule has 36 heavy (non-hydrogen) atoms. The van der Waals surface area contributed by atoms with Gasteiger partial charge in [-0.25, -0.2) is 9.67 Å². The molecule has 1 aliphatic carbocycles. The second-order valence-electron chi connectivity index (χ2n) is 10.5. The molecule has 1 amide bonds. The average molecular weight is 484 g/mol. The SMILES string of the molecule is Cc1cc2cc(n1)-c1cnn(C)c1OCCN1CC3CCC(C3)(C1)n1c(nc3ccccc31)NC2=O. The lowest BCUT2D eigenvalue weighted by Gasteiger charge is -2.42. The van der Waals surface area contributed by atoms with Crippen LogP contribution in [0.2, 0.25) is 0 Å². The first kappa shape index (κ1) is 21.6. The summed E-state index contributed by atoms with van der Waals surface area (Å²) in [5, 5.41) is 7.60. The molecule has 2 aliphatic heterocycles. The molecule has 9 heteroatoms. The lowest BCUT2D eigenvalue weighted by Crippen LogP contribution is -2.50. The number of rotatable bonds is 0. The number of carbonyl (C=O) groups is 1. The highest BCUT2D eigenvalue weighted by Gasteiger charge is 2.48. The highest BCUT2D eigenvalue weighted by Crippen LogP contribution is 2.48. The molecule has 1 N–H and O–H groups in total. The largest absolute Gasteiger partial charge is 0.476 e. The zero-order valence-electron chi connectivity index (χ0n) is 20.6. The van der Waals surface area contributed by atoms with Gasteiger partial charge in [0.2, 0.25) is 11.8 Å². The summed E-state index contributed by atoms with van der Waals surface area (Å²) in [4.78, 5) is 25.8. The Morgan fingerprint density at radius 2 is 2.08 bits per heavy atom. The van der Waals surface area contributed by atoms with E-state index in [-0.39, 0.29) is 11.4 Å². The van der Waals surface area contributed by atoms with Crippen molar-refractivity contribution in [3.8, 4) is 17.1 Å². The Hall–Kier alpha value is -3.72. The van der Waals surface area contributed by atoms with Crippen LogP contribution in [0.5, 0.6) is 5.88 Å². The Bertz CT molecular complexity index is 1510. The first-order valence-corrected chi connectivity index (χ1v) is 12.6. The molecule has 3 atom stereocenters. The van der Waals surface area contributed by atoms with Crippen LogP contribution in [0, 0.1) is 12.8 Å². The number of pyridine rings is 1. The van der Waals surface area contributed by atoms with Gasteiger partial charge in [-0.3, -0.25) is 20.0 Å². The van der Waals surface area contributed by atoms with Gasteiger partial charge in [-0.2, -0.15) is 5.10 Å². The Labute approximate surface area is 209 Å². The monoisotopic (exact) mass is 483 g/mol. The van der Waals surface area contributed by atoms with Gasteiger partial charge in [-0.1, -0.05) is 12.1 Å². The lowest BCUT2D eigenvalue weighted by atomic mass is 9.90. The Kier molecular flexibility index (Phi) is 4.73. The van der Waals surface area contributed by atoms with Gasteiger partial charge < -0.3 is 9.30 Å². The van der Waals surface area contributed by atoms with E-state index in [0.717, 1.165) is 54.8 Å². The minimum Gasteiger partial charge on any atom is -0.476 e. The molecule has 1 spiro atoms. The summed E-state index contributed by atoms with van der Waals surface area (Å²) in [6, 6.07) is 11.8. The van der Waals surface area contributed by atoms with E-state index in [9.17, 15) is 4.79 Å². The van der Waals surface area contributed by atoms with Crippen molar-refractivity contribution in [3.05, 3.63) is 53.9 Å². The molecule has 3 aliphatic rings. The Morgan fingerprint density at radius 3 is 3.00 bits per heavy atom. The van der Waals surface area contributed by atoms with Crippen molar-refractivity contribution in [2.75, 3.05) is 31.6 Å². The number of piperidine rings is 1.